The molecule has 4 rings (SSSR count). The number of aromatic nitrogens is 2. The van der Waals surface area contributed by atoms with Gasteiger partial charge in [0.25, 0.3) is 5.56 Å². The average molecular weight is 492 g/mol. The van der Waals surface area contributed by atoms with Gasteiger partial charge in [-0.3, -0.25) is 14.2 Å². The van der Waals surface area contributed by atoms with Crippen LogP contribution in [-0.2, 0) is 16.1 Å². The first-order valence-corrected chi connectivity index (χ1v) is 11.9. The number of esters is 1. The Bertz CT molecular complexity index is 1410. The molecule has 2 aromatic heterocycles. The molecule has 0 fully saturated rings. The largest absolute Gasteiger partial charge is 0.461 e. The number of nitrogens with zero attached hydrogens (tertiary/aromatic N) is 2. The van der Waals surface area contributed by atoms with Gasteiger partial charge >= 0.3 is 5.97 Å². The second-order valence-corrected chi connectivity index (χ2v) is 9.39. The van der Waals surface area contributed by atoms with Gasteiger partial charge in [-0.2, -0.15) is 0 Å². The Labute approximate surface area is 206 Å². The van der Waals surface area contributed by atoms with Gasteiger partial charge in [0.2, 0.25) is 5.91 Å². The monoisotopic (exact) mass is 491 g/mol. The summed E-state index contributed by atoms with van der Waals surface area (Å²) in [7, 11) is 0. The van der Waals surface area contributed by atoms with E-state index in [1.807, 2.05) is 44.2 Å². The molecule has 4 aromatic rings. The fraction of sp³-hybridized carbons (Fsp3) is 0.231. The maximum atomic E-state index is 13.0. The van der Waals surface area contributed by atoms with E-state index in [0.29, 0.717) is 44.5 Å². The molecule has 2 aromatic carbocycles. The Hall–Kier alpha value is -3.98. The molecule has 0 spiro atoms. The Morgan fingerprint density at radius 1 is 1.06 bits per heavy atom. The third-order valence-electron chi connectivity index (χ3n) is 5.08. The molecule has 0 unspecified atom stereocenters. The lowest BCUT2D eigenvalue weighted by Crippen LogP contribution is -2.27. The molecule has 0 saturated heterocycles. The maximum absolute atomic E-state index is 13.0. The minimum Gasteiger partial charge on any atom is -0.461 e. The molecule has 180 valence electrons. The minimum absolute atomic E-state index is 0.204. The highest BCUT2D eigenvalue weighted by Gasteiger charge is 2.21. The molecule has 8 nitrogen and oxygen atoms in total. The molecule has 0 aliphatic rings. The maximum Gasteiger partial charge on any atom is 0.348 e. The van der Waals surface area contributed by atoms with Crippen LogP contribution in [-0.4, -0.2) is 28.0 Å². The zero-order chi connectivity index (χ0) is 24.9. The van der Waals surface area contributed by atoms with Gasteiger partial charge < -0.3 is 14.8 Å². The number of amides is 1. The van der Waals surface area contributed by atoms with E-state index in [0.717, 1.165) is 11.3 Å². The van der Waals surface area contributed by atoms with Gasteiger partial charge in [-0.05, 0) is 54.8 Å². The van der Waals surface area contributed by atoms with Crippen molar-refractivity contribution in [3.63, 3.8) is 0 Å². The minimum atomic E-state index is -0.470. The summed E-state index contributed by atoms with van der Waals surface area (Å²) in [4.78, 5) is 43.1. The third kappa shape index (κ3) is 5.75. The lowest BCUT2D eigenvalue weighted by Gasteiger charge is -2.09. The Kier molecular flexibility index (Phi) is 7.26. The van der Waals surface area contributed by atoms with Crippen LogP contribution in [0.25, 0.3) is 10.2 Å². The number of carbonyl (C=O) groups excluding carboxylic acids is 2. The number of rotatable bonds is 8. The van der Waals surface area contributed by atoms with E-state index in [2.05, 4.69) is 10.3 Å². The molecule has 0 atom stereocenters. The van der Waals surface area contributed by atoms with Gasteiger partial charge in [-0.15, -0.1) is 11.3 Å². The van der Waals surface area contributed by atoms with Crippen LogP contribution in [0.1, 0.15) is 29.1 Å². The molecule has 0 aliphatic carbocycles. The van der Waals surface area contributed by atoms with E-state index in [4.69, 9.17) is 9.47 Å². The summed E-state index contributed by atoms with van der Waals surface area (Å²) in [5.41, 5.74) is 0.702. The highest BCUT2D eigenvalue weighted by Crippen LogP contribution is 2.27. The summed E-state index contributed by atoms with van der Waals surface area (Å²) in [6.07, 6.45) is 1.32. The quantitative estimate of drug-likeness (QED) is 0.348. The van der Waals surface area contributed by atoms with E-state index >= 15 is 0 Å². The standard InChI is InChI=1S/C26H25N3O5S/c1-16(2)14-33-26(32)23-17(3)22-24(35-23)27-15-29(25(22)31)13-21(30)28-18-9-11-20(12-10-18)34-19-7-5-4-6-8-19/h4-12,15-16H,13-14H2,1-3H3,(H,28,30). The van der Waals surface area contributed by atoms with Gasteiger partial charge in [0.05, 0.1) is 18.3 Å². The Morgan fingerprint density at radius 2 is 1.74 bits per heavy atom. The van der Waals surface area contributed by atoms with Crippen LogP contribution in [0.2, 0.25) is 0 Å². The first-order valence-electron chi connectivity index (χ1n) is 11.1. The molecule has 35 heavy (non-hydrogen) atoms. The SMILES string of the molecule is Cc1c(C(=O)OCC(C)C)sc2ncn(CC(=O)Nc3ccc(Oc4ccccc4)cc3)c(=O)c12. The molecule has 1 amide bonds. The summed E-state index contributed by atoms with van der Waals surface area (Å²) in [5.74, 6) is 0.703. The molecule has 0 bridgehead atoms. The zero-order valence-electron chi connectivity index (χ0n) is 19.6. The summed E-state index contributed by atoms with van der Waals surface area (Å²) >= 11 is 1.12. The van der Waals surface area contributed by atoms with Crippen LogP contribution < -0.4 is 15.6 Å². The van der Waals surface area contributed by atoms with Crippen LogP contribution in [0.4, 0.5) is 5.69 Å². The number of aryl methyl sites for hydroxylation is 1. The summed E-state index contributed by atoms with van der Waals surface area (Å²) in [6.45, 7) is 5.67. The average Bonchev–Trinajstić information content (AvgIpc) is 3.18. The van der Waals surface area contributed by atoms with Crippen molar-refractivity contribution in [2.75, 3.05) is 11.9 Å². The first kappa shape index (κ1) is 24.2. The number of fused-ring (bicyclic) bond motifs is 1. The fourth-order valence-corrected chi connectivity index (χ4v) is 4.39. The van der Waals surface area contributed by atoms with Crippen LogP contribution >= 0.6 is 11.3 Å². The molecule has 0 radical (unpaired) electrons. The van der Waals surface area contributed by atoms with E-state index in [-0.39, 0.29) is 23.9 Å². The van der Waals surface area contributed by atoms with Gasteiger partial charge in [0.1, 0.15) is 27.8 Å². The van der Waals surface area contributed by atoms with Crippen LogP contribution in [0.3, 0.4) is 0 Å². The number of ether oxygens (including phenoxy) is 2. The van der Waals surface area contributed by atoms with Crippen LogP contribution in [0, 0.1) is 12.8 Å². The molecule has 1 N–H and O–H groups in total. The van der Waals surface area contributed by atoms with E-state index < -0.39 is 5.97 Å². The molecule has 9 heteroatoms. The number of nitrogens with one attached hydrogen (secondary N) is 1. The second-order valence-electron chi connectivity index (χ2n) is 8.39. The van der Waals surface area contributed by atoms with E-state index in [1.165, 1.54) is 10.9 Å². The highest BCUT2D eigenvalue weighted by atomic mass is 32.1. The second kappa shape index (κ2) is 10.5. The van der Waals surface area contributed by atoms with Crippen molar-refractivity contribution in [3.05, 3.63) is 81.7 Å². The van der Waals surface area contributed by atoms with E-state index in [1.54, 1.807) is 31.2 Å². The summed E-state index contributed by atoms with van der Waals surface area (Å²) in [5, 5.41) is 3.09. The summed E-state index contributed by atoms with van der Waals surface area (Å²) in [6, 6.07) is 16.3. The number of carbonyl (C=O) groups is 2. The first-order chi connectivity index (χ1) is 16.8. The fourth-order valence-electron chi connectivity index (χ4n) is 3.36. The predicted molar refractivity (Wildman–Crippen MR) is 135 cm³/mol. The van der Waals surface area contributed by atoms with Crippen LogP contribution in [0.15, 0.2) is 65.7 Å². The number of hydrogen-bond acceptors (Lipinski definition) is 7. The molecule has 0 aliphatic heterocycles. The van der Waals surface area contributed by atoms with Crippen molar-refractivity contribution >= 4 is 39.1 Å². The molecule has 0 saturated carbocycles. The Balaban J connectivity index is 1.45. The third-order valence-corrected chi connectivity index (χ3v) is 6.26. The number of para-hydroxylation sites is 1. The van der Waals surface area contributed by atoms with Crippen molar-refractivity contribution in [1.29, 1.82) is 0 Å². The molecular weight excluding hydrogens is 466 g/mol. The normalized spacial score (nSPS) is 11.0. The van der Waals surface area contributed by atoms with Crippen LogP contribution in [0.5, 0.6) is 11.5 Å². The van der Waals surface area contributed by atoms with Crippen molar-refractivity contribution in [3.8, 4) is 11.5 Å². The lowest BCUT2D eigenvalue weighted by atomic mass is 10.2. The topological polar surface area (TPSA) is 99.5 Å². The summed E-state index contributed by atoms with van der Waals surface area (Å²) < 4.78 is 12.3. The predicted octanol–water partition coefficient (Wildman–Crippen LogP) is 5.01. The lowest BCUT2D eigenvalue weighted by molar-refractivity contribution is -0.116. The van der Waals surface area contributed by atoms with Crippen molar-refractivity contribution in [1.82, 2.24) is 9.55 Å². The number of thiophene rings is 1. The van der Waals surface area contributed by atoms with E-state index in [9.17, 15) is 14.4 Å². The number of hydrogen-bond donors (Lipinski definition) is 1. The van der Waals surface area contributed by atoms with Gasteiger partial charge in [0, 0.05) is 5.69 Å². The molecular formula is C26H25N3O5S. The number of anilines is 1. The molecule has 2 heterocycles. The van der Waals surface area contributed by atoms with Crippen molar-refractivity contribution in [2.24, 2.45) is 5.92 Å². The Morgan fingerprint density at radius 3 is 2.43 bits per heavy atom. The van der Waals surface area contributed by atoms with Crippen molar-refractivity contribution < 1.29 is 19.1 Å². The zero-order valence-corrected chi connectivity index (χ0v) is 20.4. The number of benzene rings is 2. The van der Waals surface area contributed by atoms with Gasteiger partial charge in [-0.25, -0.2) is 9.78 Å². The van der Waals surface area contributed by atoms with Crippen molar-refractivity contribution in [2.45, 2.75) is 27.3 Å². The smallest absolute Gasteiger partial charge is 0.348 e. The van der Waals surface area contributed by atoms with Gasteiger partial charge in [-0.1, -0.05) is 32.0 Å². The van der Waals surface area contributed by atoms with Gasteiger partial charge in [0.15, 0.2) is 0 Å². The highest BCUT2D eigenvalue weighted by molar-refractivity contribution is 7.20.